The zero-order chi connectivity index (χ0) is 16.9. The average Bonchev–Trinajstić information content (AvgIpc) is 2.43. The third kappa shape index (κ3) is 4.73. The number of amides is 2. The summed E-state index contributed by atoms with van der Waals surface area (Å²) >= 11 is 0. The molecule has 2 amide bonds. The number of nitrogens with zero attached hydrogens (tertiary/aromatic N) is 1. The van der Waals surface area contributed by atoms with Gasteiger partial charge in [0, 0.05) is 6.54 Å². The molecular weight excluding hydrogens is 299 g/mol. The molecule has 0 heterocycles. The Morgan fingerprint density at radius 1 is 1.32 bits per heavy atom. The van der Waals surface area contributed by atoms with Gasteiger partial charge in [0.2, 0.25) is 11.8 Å². The standard InChI is InChI=1S/C14H18F3N3O2/c1-3-20(13(22)9(2)18)8-12(21)19-11-7-5-4-6-10(11)14(15,16)17/h4-7,9H,3,8,18H2,1-2H3,(H,19,21). The van der Waals surface area contributed by atoms with Gasteiger partial charge in [0.05, 0.1) is 23.8 Å². The average molecular weight is 317 g/mol. The Morgan fingerprint density at radius 3 is 2.41 bits per heavy atom. The van der Waals surface area contributed by atoms with Crippen LogP contribution in [-0.4, -0.2) is 35.8 Å². The van der Waals surface area contributed by atoms with Crippen LogP contribution >= 0.6 is 0 Å². The van der Waals surface area contributed by atoms with Crippen molar-refractivity contribution in [1.82, 2.24) is 4.90 Å². The second kappa shape index (κ2) is 7.26. The van der Waals surface area contributed by atoms with E-state index in [4.69, 9.17) is 5.73 Å². The molecule has 1 unspecified atom stereocenters. The highest BCUT2D eigenvalue weighted by atomic mass is 19.4. The van der Waals surface area contributed by atoms with Crippen molar-refractivity contribution in [2.75, 3.05) is 18.4 Å². The van der Waals surface area contributed by atoms with Crippen molar-refractivity contribution in [1.29, 1.82) is 0 Å². The van der Waals surface area contributed by atoms with Gasteiger partial charge in [-0.05, 0) is 26.0 Å². The van der Waals surface area contributed by atoms with E-state index in [1.807, 2.05) is 0 Å². The molecule has 1 atom stereocenters. The van der Waals surface area contributed by atoms with Crippen molar-refractivity contribution in [3.8, 4) is 0 Å². The fourth-order valence-corrected chi connectivity index (χ4v) is 1.84. The van der Waals surface area contributed by atoms with Crippen LogP contribution in [0.5, 0.6) is 0 Å². The second-order valence-corrected chi connectivity index (χ2v) is 4.73. The summed E-state index contributed by atoms with van der Waals surface area (Å²) in [6.45, 7) is 3.00. The third-order valence-corrected chi connectivity index (χ3v) is 2.92. The lowest BCUT2D eigenvalue weighted by atomic mass is 10.1. The molecular formula is C14H18F3N3O2. The smallest absolute Gasteiger partial charge is 0.332 e. The number of carbonyl (C=O) groups excluding carboxylic acids is 2. The minimum absolute atomic E-state index is 0.231. The monoisotopic (exact) mass is 317 g/mol. The first-order chi connectivity index (χ1) is 10.2. The Bertz CT molecular complexity index is 544. The Morgan fingerprint density at radius 2 is 1.91 bits per heavy atom. The maximum atomic E-state index is 12.8. The molecule has 0 aromatic heterocycles. The molecule has 0 aliphatic rings. The molecule has 3 N–H and O–H groups in total. The zero-order valence-electron chi connectivity index (χ0n) is 12.3. The number of rotatable bonds is 5. The van der Waals surface area contributed by atoms with Crippen molar-refractivity contribution in [2.45, 2.75) is 26.1 Å². The lowest BCUT2D eigenvalue weighted by Gasteiger charge is -2.22. The van der Waals surface area contributed by atoms with Gasteiger partial charge in [-0.1, -0.05) is 12.1 Å². The first-order valence-corrected chi connectivity index (χ1v) is 6.67. The van der Waals surface area contributed by atoms with Crippen LogP contribution in [0.4, 0.5) is 18.9 Å². The molecule has 0 bridgehead atoms. The van der Waals surface area contributed by atoms with Crippen LogP contribution in [0.2, 0.25) is 0 Å². The van der Waals surface area contributed by atoms with Crippen molar-refractivity contribution in [3.63, 3.8) is 0 Å². The van der Waals surface area contributed by atoms with Crippen LogP contribution in [-0.2, 0) is 15.8 Å². The molecule has 1 aromatic carbocycles. The maximum Gasteiger partial charge on any atom is 0.418 e. The minimum atomic E-state index is -4.57. The van der Waals surface area contributed by atoms with Crippen LogP contribution in [0.1, 0.15) is 19.4 Å². The fraction of sp³-hybridized carbons (Fsp3) is 0.429. The van der Waals surface area contributed by atoms with E-state index in [0.717, 1.165) is 12.1 Å². The molecule has 1 rings (SSSR count). The highest BCUT2D eigenvalue weighted by Gasteiger charge is 2.33. The number of nitrogens with two attached hydrogens (primary N) is 1. The van der Waals surface area contributed by atoms with E-state index in [1.54, 1.807) is 6.92 Å². The lowest BCUT2D eigenvalue weighted by molar-refractivity contribution is -0.137. The number of hydrogen-bond acceptors (Lipinski definition) is 3. The molecule has 0 saturated heterocycles. The normalized spacial score (nSPS) is 12.6. The lowest BCUT2D eigenvalue weighted by Crippen LogP contribution is -2.45. The van der Waals surface area contributed by atoms with E-state index in [-0.39, 0.29) is 18.8 Å². The molecule has 0 aliphatic carbocycles. The first-order valence-electron chi connectivity index (χ1n) is 6.67. The van der Waals surface area contributed by atoms with Crippen LogP contribution in [0.3, 0.4) is 0 Å². The van der Waals surface area contributed by atoms with Gasteiger partial charge in [-0.2, -0.15) is 13.2 Å². The van der Waals surface area contributed by atoms with Gasteiger partial charge in [0.15, 0.2) is 0 Å². The Hall–Kier alpha value is -2.09. The number of alkyl halides is 3. The number of anilines is 1. The van der Waals surface area contributed by atoms with E-state index in [2.05, 4.69) is 5.32 Å². The molecule has 0 fully saturated rings. The minimum Gasteiger partial charge on any atom is -0.332 e. The van der Waals surface area contributed by atoms with Gasteiger partial charge in [0.25, 0.3) is 0 Å². The maximum absolute atomic E-state index is 12.8. The summed E-state index contributed by atoms with van der Waals surface area (Å²) < 4.78 is 38.5. The summed E-state index contributed by atoms with van der Waals surface area (Å²) in [5.74, 6) is -1.16. The quantitative estimate of drug-likeness (QED) is 0.870. The predicted molar refractivity (Wildman–Crippen MR) is 76.0 cm³/mol. The van der Waals surface area contributed by atoms with E-state index in [9.17, 15) is 22.8 Å². The summed E-state index contributed by atoms with van der Waals surface area (Å²) in [4.78, 5) is 24.8. The van der Waals surface area contributed by atoms with E-state index in [1.165, 1.54) is 24.0 Å². The summed E-state index contributed by atoms with van der Waals surface area (Å²) in [5, 5.41) is 2.18. The fourth-order valence-electron chi connectivity index (χ4n) is 1.84. The van der Waals surface area contributed by atoms with Crippen LogP contribution in [0.25, 0.3) is 0 Å². The first kappa shape index (κ1) is 18.0. The Labute approximate surface area is 126 Å². The van der Waals surface area contributed by atoms with E-state index < -0.39 is 29.6 Å². The molecule has 0 aliphatic heterocycles. The molecule has 1 aromatic rings. The summed E-state index contributed by atoms with van der Waals surface area (Å²) in [5.41, 5.74) is 4.17. The molecule has 0 saturated carbocycles. The Kier molecular flexibility index (Phi) is 5.92. The number of carbonyl (C=O) groups is 2. The number of para-hydroxylation sites is 1. The summed E-state index contributed by atoms with van der Waals surface area (Å²) in [6.07, 6.45) is -4.57. The highest BCUT2D eigenvalue weighted by Crippen LogP contribution is 2.34. The van der Waals surface area contributed by atoms with Crippen molar-refractivity contribution in [3.05, 3.63) is 29.8 Å². The summed E-state index contributed by atoms with van der Waals surface area (Å²) in [6, 6.07) is 3.87. The SMILES string of the molecule is CCN(CC(=O)Nc1ccccc1C(F)(F)F)C(=O)C(C)N. The van der Waals surface area contributed by atoms with Crippen molar-refractivity contribution < 1.29 is 22.8 Å². The number of likely N-dealkylation sites (N-methyl/N-ethyl adjacent to an activating group) is 1. The number of hydrogen-bond donors (Lipinski definition) is 2. The van der Waals surface area contributed by atoms with E-state index in [0.29, 0.717) is 0 Å². The predicted octanol–water partition coefficient (Wildman–Crippen LogP) is 1.84. The molecule has 22 heavy (non-hydrogen) atoms. The van der Waals surface area contributed by atoms with Crippen LogP contribution < -0.4 is 11.1 Å². The van der Waals surface area contributed by atoms with Crippen LogP contribution in [0, 0.1) is 0 Å². The van der Waals surface area contributed by atoms with Gasteiger partial charge in [0.1, 0.15) is 0 Å². The highest BCUT2D eigenvalue weighted by molar-refractivity contribution is 5.95. The zero-order valence-corrected chi connectivity index (χ0v) is 12.3. The van der Waals surface area contributed by atoms with Gasteiger partial charge >= 0.3 is 6.18 Å². The van der Waals surface area contributed by atoms with Crippen molar-refractivity contribution in [2.24, 2.45) is 5.73 Å². The van der Waals surface area contributed by atoms with Gasteiger partial charge < -0.3 is 16.0 Å². The molecule has 0 spiro atoms. The van der Waals surface area contributed by atoms with Crippen LogP contribution in [0.15, 0.2) is 24.3 Å². The van der Waals surface area contributed by atoms with Crippen molar-refractivity contribution >= 4 is 17.5 Å². The molecule has 5 nitrogen and oxygen atoms in total. The number of benzene rings is 1. The second-order valence-electron chi connectivity index (χ2n) is 4.73. The molecule has 8 heteroatoms. The largest absolute Gasteiger partial charge is 0.418 e. The Balaban J connectivity index is 2.84. The molecule has 122 valence electrons. The third-order valence-electron chi connectivity index (χ3n) is 2.92. The van der Waals surface area contributed by atoms with Gasteiger partial charge in [-0.3, -0.25) is 9.59 Å². The topological polar surface area (TPSA) is 75.4 Å². The summed E-state index contributed by atoms with van der Waals surface area (Å²) in [7, 11) is 0. The van der Waals surface area contributed by atoms with Gasteiger partial charge in [-0.25, -0.2) is 0 Å². The van der Waals surface area contributed by atoms with Gasteiger partial charge in [-0.15, -0.1) is 0 Å². The van der Waals surface area contributed by atoms with E-state index >= 15 is 0 Å². The number of halogens is 3. The molecule has 0 radical (unpaired) electrons. The number of nitrogens with one attached hydrogen (secondary N) is 1.